The van der Waals surface area contributed by atoms with Crippen LogP contribution in [0.2, 0.25) is 0 Å². The van der Waals surface area contributed by atoms with Crippen LogP contribution in [0.15, 0.2) is 53.0 Å². The molecule has 0 radical (unpaired) electrons. The monoisotopic (exact) mass is 413 g/mol. The molecule has 0 spiro atoms. The molecule has 1 aliphatic heterocycles. The molecular weight excluding hydrogens is 390 g/mol. The van der Waals surface area contributed by atoms with Gasteiger partial charge in [0.2, 0.25) is 0 Å². The Balaban J connectivity index is 1.74. The van der Waals surface area contributed by atoms with E-state index >= 15 is 0 Å². The van der Waals surface area contributed by atoms with Gasteiger partial charge in [-0.05, 0) is 48.6 Å². The smallest absolute Gasteiger partial charge is 0.142 e. The molecule has 3 atom stereocenters. The second kappa shape index (κ2) is 7.36. The molecule has 2 aromatic rings. The number of phenolic OH excluding ortho intramolecular Hbond substituents is 1. The van der Waals surface area contributed by atoms with E-state index in [1.54, 1.807) is 6.07 Å². The number of ether oxygens (including phenoxy) is 1. The zero-order valence-electron chi connectivity index (χ0n) is 14.9. The van der Waals surface area contributed by atoms with E-state index in [0.29, 0.717) is 17.6 Å². The van der Waals surface area contributed by atoms with Gasteiger partial charge in [0.1, 0.15) is 11.5 Å². The summed E-state index contributed by atoms with van der Waals surface area (Å²) in [5.74, 6) is 2.00. The molecule has 2 aromatic carbocycles. The molecule has 1 heterocycles. The van der Waals surface area contributed by atoms with E-state index in [-0.39, 0.29) is 6.04 Å². The van der Waals surface area contributed by atoms with E-state index in [4.69, 9.17) is 4.74 Å². The van der Waals surface area contributed by atoms with E-state index in [1.807, 2.05) is 18.2 Å². The molecule has 4 heteroatoms. The number of anilines is 1. The quantitative estimate of drug-likeness (QED) is 0.455. The highest BCUT2D eigenvalue weighted by Gasteiger charge is 2.39. The third-order valence-corrected chi connectivity index (χ3v) is 5.93. The topological polar surface area (TPSA) is 41.5 Å². The van der Waals surface area contributed by atoms with Crippen molar-refractivity contribution in [1.29, 1.82) is 0 Å². The first-order valence-corrected chi connectivity index (χ1v) is 10.2. The molecule has 1 aliphatic carbocycles. The Morgan fingerprint density at radius 2 is 2.12 bits per heavy atom. The van der Waals surface area contributed by atoms with Gasteiger partial charge in [-0.1, -0.05) is 53.6 Å². The average Bonchev–Trinajstić information content (AvgIpc) is 3.14. The first-order valence-electron chi connectivity index (χ1n) is 9.36. The number of unbranched alkanes of at least 4 members (excludes halogenated alkanes) is 1. The number of hydrogen-bond acceptors (Lipinski definition) is 3. The lowest BCUT2D eigenvalue weighted by molar-refractivity contribution is 0.307. The van der Waals surface area contributed by atoms with Crippen LogP contribution in [0.1, 0.15) is 49.3 Å². The molecular formula is C22H24BrNO2. The highest BCUT2D eigenvalue weighted by atomic mass is 79.9. The molecule has 26 heavy (non-hydrogen) atoms. The molecule has 0 aromatic heterocycles. The summed E-state index contributed by atoms with van der Waals surface area (Å²) in [6.45, 7) is 2.90. The van der Waals surface area contributed by atoms with Crippen molar-refractivity contribution in [2.75, 3.05) is 11.9 Å². The Kier molecular flexibility index (Phi) is 4.94. The van der Waals surface area contributed by atoms with Gasteiger partial charge in [-0.15, -0.1) is 0 Å². The van der Waals surface area contributed by atoms with Crippen molar-refractivity contribution in [3.63, 3.8) is 0 Å². The Morgan fingerprint density at radius 1 is 1.23 bits per heavy atom. The van der Waals surface area contributed by atoms with Crippen LogP contribution in [0.4, 0.5) is 5.69 Å². The Morgan fingerprint density at radius 3 is 2.96 bits per heavy atom. The van der Waals surface area contributed by atoms with Crippen LogP contribution >= 0.6 is 15.9 Å². The summed E-state index contributed by atoms with van der Waals surface area (Å²) in [6.07, 6.45) is 7.74. The van der Waals surface area contributed by atoms with Crippen molar-refractivity contribution in [3.8, 4) is 11.5 Å². The number of fused-ring (bicyclic) bond motifs is 3. The largest absolute Gasteiger partial charge is 0.508 e. The first kappa shape index (κ1) is 17.5. The minimum absolute atomic E-state index is 0.0518. The summed E-state index contributed by atoms with van der Waals surface area (Å²) < 4.78 is 7.05. The third-order valence-electron chi connectivity index (χ3n) is 5.44. The number of aromatic hydroxyl groups is 1. The summed E-state index contributed by atoms with van der Waals surface area (Å²) in [6, 6.07) is 12.0. The lowest BCUT2D eigenvalue weighted by Crippen LogP contribution is -2.29. The zero-order chi connectivity index (χ0) is 18.1. The van der Waals surface area contributed by atoms with Crippen molar-refractivity contribution in [2.45, 2.75) is 38.1 Å². The normalized spacial score (nSPS) is 23.2. The van der Waals surface area contributed by atoms with E-state index in [2.05, 4.69) is 52.5 Å². The van der Waals surface area contributed by atoms with Crippen LogP contribution in [-0.4, -0.2) is 11.7 Å². The average molecular weight is 414 g/mol. The molecule has 136 valence electrons. The summed E-state index contributed by atoms with van der Waals surface area (Å²) in [5.41, 5.74) is 3.30. The minimum Gasteiger partial charge on any atom is -0.508 e. The summed E-state index contributed by atoms with van der Waals surface area (Å²) >= 11 is 3.54. The second-order valence-corrected chi connectivity index (χ2v) is 8.02. The number of rotatable bonds is 5. The van der Waals surface area contributed by atoms with Crippen LogP contribution in [0.25, 0.3) is 0 Å². The highest BCUT2D eigenvalue weighted by molar-refractivity contribution is 9.10. The molecule has 0 fully saturated rings. The van der Waals surface area contributed by atoms with Crippen molar-refractivity contribution >= 4 is 21.6 Å². The maximum Gasteiger partial charge on any atom is 0.142 e. The van der Waals surface area contributed by atoms with Gasteiger partial charge in [-0.2, -0.15) is 0 Å². The Labute approximate surface area is 163 Å². The first-order chi connectivity index (χ1) is 12.7. The minimum atomic E-state index is 0.0518. The van der Waals surface area contributed by atoms with Gasteiger partial charge >= 0.3 is 0 Å². The number of phenols is 1. The van der Waals surface area contributed by atoms with Crippen molar-refractivity contribution in [1.82, 2.24) is 0 Å². The maximum absolute atomic E-state index is 10.5. The predicted molar refractivity (Wildman–Crippen MR) is 109 cm³/mol. The number of halogens is 1. The molecule has 3 unspecified atom stereocenters. The number of hydrogen-bond donors (Lipinski definition) is 2. The molecule has 4 rings (SSSR count). The second-order valence-electron chi connectivity index (χ2n) is 7.10. The molecule has 3 nitrogen and oxygen atoms in total. The molecule has 2 aliphatic rings. The lowest BCUT2D eigenvalue weighted by Gasteiger charge is -2.38. The van der Waals surface area contributed by atoms with Crippen LogP contribution in [0.3, 0.4) is 0 Å². The van der Waals surface area contributed by atoms with Gasteiger partial charge in [-0.3, -0.25) is 0 Å². The summed E-state index contributed by atoms with van der Waals surface area (Å²) in [4.78, 5) is 0. The summed E-state index contributed by atoms with van der Waals surface area (Å²) in [5, 5.41) is 14.2. The number of benzene rings is 2. The van der Waals surface area contributed by atoms with E-state index in [1.165, 1.54) is 5.56 Å². The fourth-order valence-corrected chi connectivity index (χ4v) is 4.50. The number of nitrogens with one attached hydrogen (secondary N) is 1. The van der Waals surface area contributed by atoms with Crippen molar-refractivity contribution < 1.29 is 9.84 Å². The van der Waals surface area contributed by atoms with Gasteiger partial charge in [0.05, 0.1) is 18.3 Å². The molecule has 0 bridgehead atoms. The summed E-state index contributed by atoms with van der Waals surface area (Å²) in [7, 11) is 0. The van der Waals surface area contributed by atoms with Crippen LogP contribution in [0, 0.1) is 5.92 Å². The molecule has 0 saturated carbocycles. The van der Waals surface area contributed by atoms with Crippen LogP contribution in [-0.2, 0) is 0 Å². The van der Waals surface area contributed by atoms with Gasteiger partial charge in [0.15, 0.2) is 0 Å². The van der Waals surface area contributed by atoms with Gasteiger partial charge < -0.3 is 15.2 Å². The van der Waals surface area contributed by atoms with E-state index in [0.717, 1.165) is 47.3 Å². The fraction of sp³-hybridized carbons (Fsp3) is 0.364. The predicted octanol–water partition coefficient (Wildman–Crippen LogP) is 6.16. The van der Waals surface area contributed by atoms with E-state index in [9.17, 15) is 5.11 Å². The van der Waals surface area contributed by atoms with Crippen LogP contribution in [0.5, 0.6) is 11.5 Å². The third kappa shape index (κ3) is 3.11. The van der Waals surface area contributed by atoms with Gasteiger partial charge in [0.25, 0.3) is 0 Å². The number of allylic oxidation sites excluding steroid dienone is 2. The Bertz CT molecular complexity index is 833. The van der Waals surface area contributed by atoms with E-state index < -0.39 is 0 Å². The van der Waals surface area contributed by atoms with Gasteiger partial charge in [-0.25, -0.2) is 0 Å². The molecule has 0 saturated heterocycles. The SMILES string of the molecule is CCCCOc1cccc2c1NC(c1cc(Br)ccc1O)C1CC=CC21. The zero-order valence-corrected chi connectivity index (χ0v) is 16.5. The molecule has 2 N–H and O–H groups in total. The lowest BCUT2D eigenvalue weighted by atomic mass is 9.76. The van der Waals surface area contributed by atoms with Gasteiger partial charge in [0, 0.05) is 16.0 Å². The standard InChI is InChI=1S/C22H24BrNO2/c1-2-3-12-26-20-9-5-8-17-15-6-4-7-16(15)21(24-22(17)20)18-13-14(23)10-11-19(18)25/h4-6,8-11,13,15-16,21,24-25H,2-3,7,12H2,1H3. The fourth-order valence-electron chi connectivity index (χ4n) is 4.12. The maximum atomic E-state index is 10.5. The molecule has 0 amide bonds. The van der Waals surface area contributed by atoms with Crippen molar-refractivity contribution in [3.05, 3.63) is 64.1 Å². The van der Waals surface area contributed by atoms with Crippen LogP contribution < -0.4 is 10.1 Å². The number of para-hydroxylation sites is 1. The Hall–Kier alpha value is -1.94. The highest BCUT2D eigenvalue weighted by Crippen LogP contribution is 2.53. The van der Waals surface area contributed by atoms with Crippen molar-refractivity contribution in [2.24, 2.45) is 5.92 Å².